The highest BCUT2D eigenvalue weighted by Gasteiger charge is 2.38. The molecule has 0 aliphatic carbocycles. The van der Waals surface area contributed by atoms with E-state index in [1.807, 2.05) is 0 Å². The molecular formula is C4H8O3S. The largest absolute Gasteiger partial charge is 0.386 e. The summed E-state index contributed by atoms with van der Waals surface area (Å²) >= 11 is 0.969. The Hall–Kier alpha value is 0.230. The SMILES string of the molecule is OC1CCSC1(O)O. The summed E-state index contributed by atoms with van der Waals surface area (Å²) in [5.74, 6) is 0.619. The van der Waals surface area contributed by atoms with E-state index >= 15 is 0 Å². The maximum atomic E-state index is 8.74. The van der Waals surface area contributed by atoms with Gasteiger partial charge in [0.1, 0.15) is 6.10 Å². The van der Waals surface area contributed by atoms with E-state index < -0.39 is 11.2 Å². The molecule has 0 spiro atoms. The average molecular weight is 136 g/mol. The Kier molecular flexibility index (Phi) is 1.49. The van der Waals surface area contributed by atoms with Crippen molar-refractivity contribution in [2.75, 3.05) is 5.75 Å². The fourth-order valence-electron chi connectivity index (χ4n) is 0.605. The first-order valence-electron chi connectivity index (χ1n) is 2.40. The van der Waals surface area contributed by atoms with E-state index in [4.69, 9.17) is 15.3 Å². The molecular weight excluding hydrogens is 128 g/mol. The smallest absolute Gasteiger partial charge is 0.240 e. The van der Waals surface area contributed by atoms with Crippen LogP contribution in [0.15, 0.2) is 0 Å². The summed E-state index contributed by atoms with van der Waals surface area (Å²) < 4.78 is 0. The Balaban J connectivity index is 2.54. The summed E-state index contributed by atoms with van der Waals surface area (Å²) in [4.78, 5) is 0. The van der Waals surface area contributed by atoms with Crippen molar-refractivity contribution in [3.05, 3.63) is 0 Å². The zero-order valence-electron chi connectivity index (χ0n) is 4.24. The lowest BCUT2D eigenvalue weighted by Crippen LogP contribution is -2.33. The molecule has 1 fully saturated rings. The third-order valence-corrected chi connectivity index (χ3v) is 2.28. The zero-order chi connectivity index (χ0) is 6.20. The molecule has 1 rings (SSSR count). The Morgan fingerprint density at radius 3 is 2.25 bits per heavy atom. The van der Waals surface area contributed by atoms with Crippen LogP contribution in [-0.4, -0.2) is 32.3 Å². The van der Waals surface area contributed by atoms with Crippen LogP contribution in [-0.2, 0) is 0 Å². The van der Waals surface area contributed by atoms with Gasteiger partial charge in [-0.05, 0) is 6.42 Å². The second kappa shape index (κ2) is 1.88. The number of aliphatic hydroxyl groups excluding tert-OH is 1. The Morgan fingerprint density at radius 1 is 1.50 bits per heavy atom. The number of hydrogen-bond donors (Lipinski definition) is 3. The van der Waals surface area contributed by atoms with Gasteiger partial charge < -0.3 is 15.3 Å². The Labute approximate surface area is 51.3 Å². The van der Waals surface area contributed by atoms with Gasteiger partial charge in [-0.1, -0.05) is 11.8 Å². The van der Waals surface area contributed by atoms with E-state index in [1.165, 1.54) is 0 Å². The second-order valence-corrected chi connectivity index (χ2v) is 3.11. The molecule has 0 amide bonds. The quantitative estimate of drug-likeness (QED) is 0.379. The predicted molar refractivity (Wildman–Crippen MR) is 30.3 cm³/mol. The highest BCUT2D eigenvalue weighted by molar-refractivity contribution is 8.00. The molecule has 1 unspecified atom stereocenters. The normalized spacial score (nSPS) is 35.6. The number of rotatable bonds is 0. The lowest BCUT2D eigenvalue weighted by atomic mass is 10.3. The fourth-order valence-corrected chi connectivity index (χ4v) is 1.56. The maximum Gasteiger partial charge on any atom is 0.240 e. The molecule has 0 aromatic rings. The van der Waals surface area contributed by atoms with E-state index in [-0.39, 0.29) is 0 Å². The first-order chi connectivity index (χ1) is 3.63. The summed E-state index contributed by atoms with van der Waals surface area (Å²) in [5, 5.41) is 24.3. The van der Waals surface area contributed by atoms with E-state index in [0.29, 0.717) is 12.2 Å². The van der Waals surface area contributed by atoms with Crippen molar-refractivity contribution >= 4 is 11.8 Å². The van der Waals surface area contributed by atoms with Gasteiger partial charge in [0.2, 0.25) is 5.12 Å². The van der Waals surface area contributed by atoms with Gasteiger partial charge in [-0.3, -0.25) is 0 Å². The average Bonchev–Trinajstić information content (AvgIpc) is 1.86. The highest BCUT2D eigenvalue weighted by Crippen LogP contribution is 2.32. The summed E-state index contributed by atoms with van der Waals surface area (Å²) in [6.45, 7) is 0. The van der Waals surface area contributed by atoms with Crippen molar-refractivity contribution in [1.29, 1.82) is 0 Å². The van der Waals surface area contributed by atoms with Crippen molar-refractivity contribution in [2.24, 2.45) is 0 Å². The molecule has 3 N–H and O–H groups in total. The molecule has 1 atom stereocenters. The maximum absolute atomic E-state index is 8.74. The van der Waals surface area contributed by atoms with Gasteiger partial charge in [-0.15, -0.1) is 0 Å². The van der Waals surface area contributed by atoms with Gasteiger partial charge in [0.15, 0.2) is 0 Å². The van der Waals surface area contributed by atoms with Gasteiger partial charge in [0, 0.05) is 5.75 Å². The van der Waals surface area contributed by atoms with Crippen LogP contribution >= 0.6 is 11.8 Å². The van der Waals surface area contributed by atoms with Crippen LogP contribution in [0.4, 0.5) is 0 Å². The topological polar surface area (TPSA) is 60.7 Å². The van der Waals surface area contributed by atoms with Gasteiger partial charge in [0.05, 0.1) is 0 Å². The van der Waals surface area contributed by atoms with Crippen LogP contribution in [0, 0.1) is 0 Å². The molecule has 8 heavy (non-hydrogen) atoms. The summed E-state index contributed by atoms with van der Waals surface area (Å²) in [5.41, 5.74) is 0. The van der Waals surface area contributed by atoms with Gasteiger partial charge >= 0.3 is 0 Å². The molecule has 0 saturated carbocycles. The molecule has 3 nitrogen and oxygen atoms in total. The van der Waals surface area contributed by atoms with Crippen molar-refractivity contribution in [3.8, 4) is 0 Å². The highest BCUT2D eigenvalue weighted by atomic mass is 32.2. The lowest BCUT2D eigenvalue weighted by Gasteiger charge is -2.16. The van der Waals surface area contributed by atoms with Gasteiger partial charge in [-0.2, -0.15) is 0 Å². The molecule has 0 radical (unpaired) electrons. The monoisotopic (exact) mass is 136 g/mol. The Morgan fingerprint density at radius 2 is 2.12 bits per heavy atom. The summed E-state index contributed by atoms with van der Waals surface area (Å²) in [7, 11) is 0. The predicted octanol–water partition coefficient (Wildman–Crippen LogP) is -0.877. The van der Waals surface area contributed by atoms with Gasteiger partial charge in [0.25, 0.3) is 0 Å². The molecule has 48 valence electrons. The number of aliphatic hydroxyl groups is 3. The third-order valence-electron chi connectivity index (χ3n) is 1.14. The first-order valence-corrected chi connectivity index (χ1v) is 3.38. The summed E-state index contributed by atoms with van der Waals surface area (Å²) in [6.07, 6.45) is -0.495. The van der Waals surface area contributed by atoms with E-state index in [0.717, 1.165) is 11.8 Å². The minimum atomic E-state index is -1.88. The molecule has 1 aliphatic heterocycles. The lowest BCUT2D eigenvalue weighted by molar-refractivity contribution is -0.146. The number of thioether (sulfide) groups is 1. The van der Waals surface area contributed by atoms with Crippen LogP contribution in [0.2, 0.25) is 0 Å². The second-order valence-electron chi connectivity index (χ2n) is 1.81. The first kappa shape index (κ1) is 6.35. The van der Waals surface area contributed by atoms with Crippen LogP contribution in [0.1, 0.15) is 6.42 Å². The van der Waals surface area contributed by atoms with Crippen LogP contribution in [0.3, 0.4) is 0 Å². The fraction of sp³-hybridized carbons (Fsp3) is 1.00. The van der Waals surface area contributed by atoms with Crippen LogP contribution in [0.5, 0.6) is 0 Å². The van der Waals surface area contributed by atoms with Crippen molar-refractivity contribution in [1.82, 2.24) is 0 Å². The number of hydrogen-bond acceptors (Lipinski definition) is 4. The molecule has 1 heterocycles. The molecule has 0 aromatic carbocycles. The van der Waals surface area contributed by atoms with Gasteiger partial charge in [-0.25, -0.2) is 0 Å². The zero-order valence-corrected chi connectivity index (χ0v) is 5.06. The molecule has 0 aromatic heterocycles. The summed E-state index contributed by atoms with van der Waals surface area (Å²) in [6, 6.07) is 0. The van der Waals surface area contributed by atoms with Crippen molar-refractivity contribution in [3.63, 3.8) is 0 Å². The van der Waals surface area contributed by atoms with E-state index in [1.54, 1.807) is 0 Å². The van der Waals surface area contributed by atoms with Crippen LogP contribution < -0.4 is 0 Å². The van der Waals surface area contributed by atoms with Crippen molar-refractivity contribution < 1.29 is 15.3 Å². The van der Waals surface area contributed by atoms with Crippen LogP contribution in [0.25, 0.3) is 0 Å². The standard InChI is InChI=1S/C4H8O3S/c5-3-1-2-8-4(3,6)7/h3,5-7H,1-2H2. The minimum absolute atomic E-state index is 0.470. The van der Waals surface area contributed by atoms with Crippen molar-refractivity contribution in [2.45, 2.75) is 17.6 Å². The molecule has 4 heteroatoms. The van der Waals surface area contributed by atoms with E-state index in [2.05, 4.69) is 0 Å². The molecule has 0 bridgehead atoms. The van der Waals surface area contributed by atoms with E-state index in [9.17, 15) is 0 Å². The molecule has 1 aliphatic rings. The molecule has 1 saturated heterocycles. The third kappa shape index (κ3) is 0.974. The Bertz CT molecular complexity index is 93.3. The minimum Gasteiger partial charge on any atom is -0.386 e.